The number of ether oxygens (including phenoxy) is 1. The Kier molecular flexibility index (Phi) is 6.18. The lowest BCUT2D eigenvalue weighted by Crippen LogP contribution is -2.11. The summed E-state index contributed by atoms with van der Waals surface area (Å²) < 4.78 is 6.44. The molecule has 0 unspecified atom stereocenters. The van der Waals surface area contributed by atoms with Gasteiger partial charge in [0.1, 0.15) is 32.9 Å². The summed E-state index contributed by atoms with van der Waals surface area (Å²) in [4.78, 5) is 22.9. The molecule has 5 rings (SSSR count). The predicted molar refractivity (Wildman–Crippen MR) is 147 cm³/mol. The number of aromatic nitrogens is 2. The van der Waals surface area contributed by atoms with Crippen molar-refractivity contribution < 1.29 is 9.53 Å². The molecule has 36 heavy (non-hydrogen) atoms. The Labute approximate surface area is 215 Å². The number of carbonyl (C=O) groups excluding carboxylic acids is 1. The minimum Gasteiger partial charge on any atom is -0.494 e. The summed E-state index contributed by atoms with van der Waals surface area (Å²) in [6.07, 6.45) is 0.892. The van der Waals surface area contributed by atoms with E-state index in [2.05, 4.69) is 28.3 Å². The maximum Gasteiger partial charge on any atom is 0.269 e. The Morgan fingerprint density at radius 3 is 2.58 bits per heavy atom. The highest BCUT2D eigenvalue weighted by Crippen LogP contribution is 2.43. The molecule has 0 aliphatic heterocycles. The maximum absolute atomic E-state index is 13.3. The van der Waals surface area contributed by atoms with Crippen LogP contribution in [0.4, 0.5) is 16.6 Å². The molecule has 0 saturated heterocycles. The highest BCUT2D eigenvalue weighted by atomic mass is 32.1. The van der Waals surface area contributed by atoms with E-state index in [1.807, 2.05) is 49.4 Å². The summed E-state index contributed by atoms with van der Waals surface area (Å²) in [6.45, 7) is 4.56. The first kappa shape index (κ1) is 23.5. The van der Waals surface area contributed by atoms with E-state index in [1.54, 1.807) is 0 Å². The van der Waals surface area contributed by atoms with Crippen molar-refractivity contribution in [1.29, 1.82) is 5.26 Å². The van der Waals surface area contributed by atoms with Crippen molar-refractivity contribution in [3.05, 3.63) is 58.5 Å². The molecule has 0 spiro atoms. The van der Waals surface area contributed by atoms with Gasteiger partial charge in [0.2, 0.25) is 0 Å². The van der Waals surface area contributed by atoms with Crippen LogP contribution < -0.4 is 21.5 Å². The fourth-order valence-electron chi connectivity index (χ4n) is 4.02. The Bertz CT molecular complexity index is 1660. The van der Waals surface area contributed by atoms with Gasteiger partial charge >= 0.3 is 0 Å². The van der Waals surface area contributed by atoms with Gasteiger partial charge in [-0.15, -0.1) is 11.3 Å². The molecule has 0 aliphatic carbocycles. The second-order valence-electron chi connectivity index (χ2n) is 7.97. The number of carbonyl (C=O) groups is 1. The van der Waals surface area contributed by atoms with Crippen molar-refractivity contribution in [2.45, 2.75) is 20.3 Å². The number of rotatable bonds is 6. The number of pyridine rings is 1. The number of nitrogens with two attached hydrogens (primary N) is 2. The number of benzene rings is 2. The number of nitriles is 1. The van der Waals surface area contributed by atoms with Gasteiger partial charge in [-0.1, -0.05) is 42.5 Å². The highest BCUT2D eigenvalue weighted by Gasteiger charge is 2.25. The van der Waals surface area contributed by atoms with Gasteiger partial charge in [-0.3, -0.25) is 10.1 Å². The fraction of sp³-hybridized carbons (Fsp3) is 0.154. The number of hydrogen-bond acceptors (Lipinski definition) is 9. The first-order valence-electron chi connectivity index (χ1n) is 11.3. The van der Waals surface area contributed by atoms with E-state index in [9.17, 15) is 10.1 Å². The van der Waals surface area contributed by atoms with Gasteiger partial charge in [0.25, 0.3) is 5.91 Å². The number of hydrogen-bond donors (Lipinski definition) is 3. The maximum atomic E-state index is 13.3. The first-order chi connectivity index (χ1) is 17.4. The second kappa shape index (κ2) is 9.45. The number of nitrogen functional groups attached to an aromatic ring is 2. The van der Waals surface area contributed by atoms with Crippen LogP contribution in [0.3, 0.4) is 0 Å². The smallest absolute Gasteiger partial charge is 0.269 e. The van der Waals surface area contributed by atoms with E-state index in [-0.39, 0.29) is 21.9 Å². The van der Waals surface area contributed by atoms with E-state index >= 15 is 0 Å². The number of thiophene rings is 1. The lowest BCUT2D eigenvalue weighted by molar-refractivity contribution is 0.103. The minimum atomic E-state index is -0.399. The Balaban J connectivity index is 1.56. The van der Waals surface area contributed by atoms with E-state index in [1.165, 1.54) is 11.3 Å². The molecular formula is C26H22N6O2S2. The van der Waals surface area contributed by atoms with Crippen LogP contribution in [-0.2, 0) is 6.42 Å². The molecule has 8 nitrogen and oxygen atoms in total. The second-order valence-corrected chi connectivity index (χ2v) is 10.00. The van der Waals surface area contributed by atoms with Gasteiger partial charge in [0.05, 0.1) is 22.5 Å². The zero-order valence-corrected chi connectivity index (χ0v) is 21.2. The highest BCUT2D eigenvalue weighted by molar-refractivity contribution is 7.23. The number of nitrogens with one attached hydrogen (secondary N) is 1. The van der Waals surface area contributed by atoms with E-state index in [4.69, 9.17) is 16.2 Å². The van der Waals surface area contributed by atoms with Crippen molar-refractivity contribution in [2.24, 2.45) is 0 Å². The number of thiazole rings is 1. The number of fused-ring (bicyclic) bond motifs is 2. The third kappa shape index (κ3) is 4.08. The topological polar surface area (TPSA) is 140 Å². The zero-order valence-electron chi connectivity index (χ0n) is 19.6. The lowest BCUT2D eigenvalue weighted by atomic mass is 9.96. The average molecular weight is 515 g/mol. The molecule has 180 valence electrons. The van der Waals surface area contributed by atoms with Crippen molar-refractivity contribution in [3.8, 4) is 22.9 Å². The van der Waals surface area contributed by atoms with Crippen LogP contribution in [0.1, 0.15) is 34.6 Å². The van der Waals surface area contributed by atoms with Gasteiger partial charge in [-0.2, -0.15) is 5.26 Å². The molecule has 5 aromatic rings. The van der Waals surface area contributed by atoms with Crippen LogP contribution in [0, 0.1) is 11.3 Å². The lowest BCUT2D eigenvalue weighted by Gasteiger charge is -2.10. The number of amides is 1. The molecule has 0 fully saturated rings. The van der Waals surface area contributed by atoms with Crippen molar-refractivity contribution >= 4 is 65.7 Å². The largest absolute Gasteiger partial charge is 0.494 e. The number of aryl methyl sites for hydroxylation is 1. The molecular weight excluding hydrogens is 492 g/mol. The van der Waals surface area contributed by atoms with Gasteiger partial charge in [0.15, 0.2) is 5.13 Å². The van der Waals surface area contributed by atoms with Crippen LogP contribution in [0.15, 0.2) is 42.5 Å². The van der Waals surface area contributed by atoms with Crippen LogP contribution in [0.25, 0.3) is 31.6 Å². The number of anilines is 3. The number of nitrogens with zero attached hydrogens (tertiary/aromatic N) is 3. The molecule has 1 amide bonds. The van der Waals surface area contributed by atoms with Crippen molar-refractivity contribution in [1.82, 2.24) is 9.97 Å². The van der Waals surface area contributed by atoms with Crippen LogP contribution in [-0.4, -0.2) is 22.5 Å². The summed E-state index contributed by atoms with van der Waals surface area (Å²) >= 11 is 2.48. The van der Waals surface area contributed by atoms with Crippen LogP contribution in [0.2, 0.25) is 0 Å². The Morgan fingerprint density at radius 1 is 1.11 bits per heavy atom. The summed E-state index contributed by atoms with van der Waals surface area (Å²) in [5, 5.41) is 13.7. The summed E-state index contributed by atoms with van der Waals surface area (Å²) in [6, 6.07) is 15.6. The quantitative estimate of drug-likeness (QED) is 0.259. The first-order valence-corrected chi connectivity index (χ1v) is 12.9. The Hall–Kier alpha value is -4.20. The SMILES string of the molecule is CCOc1ccc2nc(NC(=O)c3sc4nc(N)c(C#N)c(-c5ccc(CC)cc5)c4c3N)sc2c1. The molecule has 3 heterocycles. The summed E-state index contributed by atoms with van der Waals surface area (Å²) in [5.74, 6) is 0.449. The van der Waals surface area contributed by atoms with Gasteiger partial charge in [0, 0.05) is 10.9 Å². The van der Waals surface area contributed by atoms with Gasteiger partial charge in [-0.25, -0.2) is 9.97 Å². The molecule has 10 heteroatoms. The standard InChI is InChI=1S/C26H22N6O2S2/c1-3-13-5-7-14(8-6-13)19-16(12-27)23(29)31-25-20(19)21(28)22(36-25)24(33)32-26-30-17-10-9-15(34-4-2)11-18(17)35-26/h5-11H,3-4,28H2,1-2H3,(H2,29,31)(H,30,32,33). The van der Waals surface area contributed by atoms with Crippen LogP contribution >= 0.6 is 22.7 Å². The molecule has 2 aromatic carbocycles. The third-order valence-corrected chi connectivity index (χ3v) is 7.80. The molecule has 0 atom stereocenters. The molecule has 0 aliphatic rings. The molecule has 0 bridgehead atoms. The monoisotopic (exact) mass is 514 g/mol. The minimum absolute atomic E-state index is 0.101. The molecule has 5 N–H and O–H groups in total. The van der Waals surface area contributed by atoms with Crippen molar-refractivity contribution in [2.75, 3.05) is 23.4 Å². The molecule has 0 saturated carbocycles. The van der Waals surface area contributed by atoms with Crippen LogP contribution in [0.5, 0.6) is 5.75 Å². The van der Waals surface area contributed by atoms with Crippen molar-refractivity contribution in [3.63, 3.8) is 0 Å². The normalized spacial score (nSPS) is 11.0. The molecule has 0 radical (unpaired) electrons. The van der Waals surface area contributed by atoms with E-state index in [0.29, 0.717) is 27.5 Å². The van der Waals surface area contributed by atoms with Gasteiger partial charge in [-0.05, 0) is 42.7 Å². The summed E-state index contributed by atoms with van der Waals surface area (Å²) in [7, 11) is 0. The average Bonchev–Trinajstić information content (AvgIpc) is 3.43. The molecule has 3 aromatic heterocycles. The fourth-order valence-corrected chi connectivity index (χ4v) is 5.91. The summed E-state index contributed by atoms with van der Waals surface area (Å²) in [5.41, 5.74) is 16.4. The zero-order chi connectivity index (χ0) is 25.4. The third-order valence-electron chi connectivity index (χ3n) is 5.76. The van der Waals surface area contributed by atoms with E-state index < -0.39 is 5.91 Å². The Morgan fingerprint density at radius 2 is 1.89 bits per heavy atom. The predicted octanol–water partition coefficient (Wildman–Crippen LogP) is 5.82. The van der Waals surface area contributed by atoms with Gasteiger partial charge < -0.3 is 16.2 Å². The van der Waals surface area contributed by atoms with E-state index in [0.717, 1.165) is 44.9 Å².